The van der Waals surface area contributed by atoms with Gasteiger partial charge < -0.3 is 20.0 Å². The molecule has 3 heterocycles. The van der Waals surface area contributed by atoms with Gasteiger partial charge in [0, 0.05) is 32.3 Å². The van der Waals surface area contributed by atoms with Crippen molar-refractivity contribution in [3.05, 3.63) is 30.1 Å². The number of nitrogens with one attached hydrogen (secondary N) is 1. The molecule has 8 heteroatoms. The molecule has 0 aromatic carbocycles. The Labute approximate surface area is 159 Å². The first-order chi connectivity index (χ1) is 12.9. The number of amides is 3. The average Bonchev–Trinajstić information content (AvgIpc) is 3.04. The van der Waals surface area contributed by atoms with Crippen molar-refractivity contribution in [2.45, 2.75) is 51.3 Å². The van der Waals surface area contributed by atoms with Gasteiger partial charge in [0.15, 0.2) is 5.60 Å². The molecular formula is C19H27N5O3. The molecule has 1 aromatic heterocycles. The smallest absolute Gasteiger partial charge is 0.317 e. The molecule has 8 nitrogen and oxygen atoms in total. The van der Waals surface area contributed by atoms with Crippen LogP contribution >= 0.6 is 0 Å². The van der Waals surface area contributed by atoms with Crippen LogP contribution in [0, 0.1) is 0 Å². The number of hydrogen-bond donors (Lipinski definition) is 1. The van der Waals surface area contributed by atoms with Gasteiger partial charge in [-0.2, -0.15) is 0 Å². The second-order valence-electron chi connectivity index (χ2n) is 7.60. The van der Waals surface area contributed by atoms with Crippen molar-refractivity contribution >= 4 is 17.6 Å². The van der Waals surface area contributed by atoms with Gasteiger partial charge in [0.1, 0.15) is 5.71 Å². The molecule has 1 saturated heterocycles. The highest BCUT2D eigenvalue weighted by molar-refractivity contribution is 6.39. The van der Waals surface area contributed by atoms with Crippen LogP contribution in [0.5, 0.6) is 0 Å². The van der Waals surface area contributed by atoms with Crippen molar-refractivity contribution in [1.29, 1.82) is 0 Å². The molecule has 0 aliphatic carbocycles. The van der Waals surface area contributed by atoms with Crippen LogP contribution in [0.15, 0.2) is 29.6 Å². The molecule has 3 rings (SSSR count). The lowest BCUT2D eigenvalue weighted by atomic mass is 9.88. The van der Waals surface area contributed by atoms with E-state index in [0.29, 0.717) is 31.8 Å². The fourth-order valence-corrected chi connectivity index (χ4v) is 3.49. The molecule has 3 amide bonds. The van der Waals surface area contributed by atoms with Crippen LogP contribution in [0.25, 0.3) is 0 Å². The van der Waals surface area contributed by atoms with Gasteiger partial charge in [-0.25, -0.2) is 4.79 Å². The molecule has 2 aliphatic heterocycles. The first kappa shape index (κ1) is 19.1. The minimum Gasteiger partial charge on any atom is -0.386 e. The summed E-state index contributed by atoms with van der Waals surface area (Å²) in [6, 6.07) is 5.59. The van der Waals surface area contributed by atoms with E-state index in [0.717, 1.165) is 18.5 Å². The summed E-state index contributed by atoms with van der Waals surface area (Å²) < 4.78 is 0. The number of aromatic nitrogens is 1. The third-order valence-corrected chi connectivity index (χ3v) is 4.80. The van der Waals surface area contributed by atoms with Crippen molar-refractivity contribution in [3.8, 4) is 0 Å². The standard InChI is InChI=1S/C19H27N5O3/c1-14(2)21-18(26)24-10-6-8-19(13-24)11-16(22-27-19)17(25)23(3)12-15-7-4-5-9-20-15/h4-5,7,9,14H,6,8,10-13H2,1-3H3,(H,21,26)/t19-/m0/s1. The highest BCUT2D eigenvalue weighted by Gasteiger charge is 2.46. The Balaban J connectivity index is 1.59. The number of oxime groups is 1. The van der Waals surface area contributed by atoms with Crippen LogP contribution in [-0.4, -0.2) is 64.2 Å². The second-order valence-corrected chi connectivity index (χ2v) is 7.60. The Hall–Kier alpha value is -2.64. The number of piperidine rings is 1. The fourth-order valence-electron chi connectivity index (χ4n) is 3.49. The number of hydrogen-bond acceptors (Lipinski definition) is 5. The summed E-state index contributed by atoms with van der Waals surface area (Å²) in [6.07, 6.45) is 3.73. The molecule has 146 valence electrons. The quantitative estimate of drug-likeness (QED) is 0.871. The van der Waals surface area contributed by atoms with Crippen molar-refractivity contribution in [2.75, 3.05) is 20.1 Å². The van der Waals surface area contributed by atoms with Crippen LogP contribution < -0.4 is 5.32 Å². The third kappa shape index (κ3) is 4.56. The molecule has 1 atom stereocenters. The van der Waals surface area contributed by atoms with E-state index >= 15 is 0 Å². The Bertz CT molecular complexity index is 721. The van der Waals surface area contributed by atoms with E-state index in [9.17, 15) is 9.59 Å². The number of carbonyl (C=O) groups is 2. The molecule has 1 spiro atoms. The van der Waals surface area contributed by atoms with Gasteiger partial charge in [-0.3, -0.25) is 9.78 Å². The van der Waals surface area contributed by atoms with Crippen molar-refractivity contribution in [2.24, 2.45) is 5.16 Å². The summed E-state index contributed by atoms with van der Waals surface area (Å²) in [5.41, 5.74) is 0.625. The van der Waals surface area contributed by atoms with Crippen LogP contribution in [0.1, 0.15) is 38.8 Å². The number of rotatable bonds is 4. The Morgan fingerprint density at radius 3 is 2.93 bits per heavy atom. The van der Waals surface area contributed by atoms with E-state index < -0.39 is 5.60 Å². The molecule has 0 saturated carbocycles. The monoisotopic (exact) mass is 373 g/mol. The first-order valence-electron chi connectivity index (χ1n) is 9.34. The predicted molar refractivity (Wildman–Crippen MR) is 101 cm³/mol. The maximum Gasteiger partial charge on any atom is 0.317 e. The number of carbonyl (C=O) groups excluding carboxylic acids is 2. The van der Waals surface area contributed by atoms with Crippen LogP contribution in [0.3, 0.4) is 0 Å². The number of pyridine rings is 1. The minimum absolute atomic E-state index is 0.0773. The van der Waals surface area contributed by atoms with E-state index in [4.69, 9.17) is 4.84 Å². The lowest BCUT2D eigenvalue weighted by Crippen LogP contribution is -2.54. The number of nitrogens with zero attached hydrogens (tertiary/aromatic N) is 4. The zero-order valence-electron chi connectivity index (χ0n) is 16.1. The van der Waals surface area contributed by atoms with Gasteiger partial charge in [0.25, 0.3) is 5.91 Å². The molecule has 1 aromatic rings. The van der Waals surface area contributed by atoms with E-state index in [1.165, 1.54) is 0 Å². The summed E-state index contributed by atoms with van der Waals surface area (Å²) in [5.74, 6) is -0.165. The van der Waals surface area contributed by atoms with Crippen molar-refractivity contribution < 1.29 is 14.4 Å². The third-order valence-electron chi connectivity index (χ3n) is 4.80. The zero-order valence-corrected chi connectivity index (χ0v) is 16.1. The summed E-state index contributed by atoms with van der Waals surface area (Å²) in [4.78, 5) is 38.3. The number of likely N-dealkylation sites (tertiary alicyclic amines) is 1. The summed E-state index contributed by atoms with van der Waals surface area (Å²) in [7, 11) is 1.73. The molecular weight excluding hydrogens is 346 g/mol. The molecule has 0 unspecified atom stereocenters. The van der Waals surface area contributed by atoms with E-state index in [1.807, 2.05) is 32.0 Å². The highest BCUT2D eigenvalue weighted by Crippen LogP contribution is 2.33. The SMILES string of the molecule is CC(C)NC(=O)N1CCC[C@]2(CC(C(=O)N(C)Cc3ccccn3)=NO2)C1. The predicted octanol–water partition coefficient (Wildman–Crippen LogP) is 1.77. The van der Waals surface area contributed by atoms with Gasteiger partial charge in [0.05, 0.1) is 18.8 Å². The van der Waals surface area contributed by atoms with Gasteiger partial charge in [-0.05, 0) is 38.8 Å². The fraction of sp³-hybridized carbons (Fsp3) is 0.579. The molecule has 0 radical (unpaired) electrons. The average molecular weight is 373 g/mol. The molecule has 2 aliphatic rings. The van der Waals surface area contributed by atoms with Gasteiger partial charge in [0.2, 0.25) is 0 Å². The molecule has 1 fully saturated rings. The van der Waals surface area contributed by atoms with E-state index in [-0.39, 0.29) is 18.0 Å². The van der Waals surface area contributed by atoms with Crippen LogP contribution in [-0.2, 0) is 16.2 Å². The van der Waals surface area contributed by atoms with Crippen LogP contribution in [0.2, 0.25) is 0 Å². The minimum atomic E-state index is -0.594. The Morgan fingerprint density at radius 2 is 2.22 bits per heavy atom. The van der Waals surface area contributed by atoms with Gasteiger partial charge in [-0.1, -0.05) is 11.2 Å². The maximum atomic E-state index is 12.7. The maximum absolute atomic E-state index is 12.7. The lowest BCUT2D eigenvalue weighted by Gasteiger charge is -2.38. The van der Waals surface area contributed by atoms with Crippen LogP contribution in [0.4, 0.5) is 4.79 Å². The Morgan fingerprint density at radius 1 is 1.41 bits per heavy atom. The van der Waals surface area contributed by atoms with E-state index in [1.54, 1.807) is 23.0 Å². The van der Waals surface area contributed by atoms with Gasteiger partial charge in [-0.15, -0.1) is 0 Å². The Kier molecular flexibility index (Phi) is 5.62. The number of urea groups is 1. The zero-order chi connectivity index (χ0) is 19.4. The first-order valence-corrected chi connectivity index (χ1v) is 9.34. The van der Waals surface area contributed by atoms with Crippen molar-refractivity contribution in [3.63, 3.8) is 0 Å². The van der Waals surface area contributed by atoms with E-state index in [2.05, 4.69) is 15.5 Å². The second kappa shape index (κ2) is 7.94. The normalized spacial score (nSPS) is 21.8. The summed E-state index contributed by atoms with van der Waals surface area (Å²) >= 11 is 0. The van der Waals surface area contributed by atoms with Gasteiger partial charge >= 0.3 is 6.03 Å². The lowest BCUT2D eigenvalue weighted by molar-refractivity contribution is -0.123. The highest BCUT2D eigenvalue weighted by atomic mass is 16.7. The molecule has 0 bridgehead atoms. The summed E-state index contributed by atoms with van der Waals surface area (Å²) in [6.45, 7) is 5.40. The largest absolute Gasteiger partial charge is 0.386 e. The molecule has 1 N–H and O–H groups in total. The summed E-state index contributed by atoms with van der Waals surface area (Å²) in [5, 5.41) is 6.99. The topological polar surface area (TPSA) is 87.1 Å². The molecule has 27 heavy (non-hydrogen) atoms. The van der Waals surface area contributed by atoms with Crippen molar-refractivity contribution in [1.82, 2.24) is 20.1 Å².